The molecule has 0 saturated carbocycles. The average Bonchev–Trinajstić information content (AvgIpc) is 2.21. The topological polar surface area (TPSA) is 37.3 Å². The molecule has 1 aromatic carbocycles. The van der Waals surface area contributed by atoms with Gasteiger partial charge in [0.15, 0.2) is 0 Å². The fourth-order valence-electron chi connectivity index (χ4n) is 0.736. The van der Waals surface area contributed by atoms with E-state index in [0.29, 0.717) is 0 Å². The van der Waals surface area contributed by atoms with Crippen LogP contribution in [0.4, 0.5) is 0 Å². The number of carboxylic acid groups (broad SMARTS) is 1. The van der Waals surface area contributed by atoms with Gasteiger partial charge < -0.3 is 5.11 Å². The summed E-state index contributed by atoms with van der Waals surface area (Å²) in [5.41, 5.74) is 0. The maximum atomic E-state index is 9.79. The summed E-state index contributed by atoms with van der Waals surface area (Å²) in [4.78, 5) is 9.79. The lowest BCUT2D eigenvalue weighted by atomic mass is 10.3. The standard InChI is InChI=1S/C6H10O2.C6H6/c1-2-3-4-5-6(7)8;1-2-4-6-5-3-1/h4-5H,2-3H2,1H3,(H,7,8);1-6H. The lowest BCUT2D eigenvalue weighted by Crippen LogP contribution is -1.84. The Balaban J connectivity index is 0.000000249. The molecule has 0 radical (unpaired) electrons. The van der Waals surface area contributed by atoms with Gasteiger partial charge in [0.1, 0.15) is 0 Å². The van der Waals surface area contributed by atoms with Crippen LogP contribution in [0.3, 0.4) is 0 Å². The van der Waals surface area contributed by atoms with Gasteiger partial charge in [-0.2, -0.15) is 0 Å². The number of allylic oxidation sites excluding steroid dienone is 1. The van der Waals surface area contributed by atoms with Crippen molar-refractivity contribution in [1.82, 2.24) is 0 Å². The predicted octanol–water partition coefficient (Wildman–Crippen LogP) is 3.11. The van der Waals surface area contributed by atoms with Crippen molar-refractivity contribution in [3.8, 4) is 0 Å². The van der Waals surface area contributed by atoms with Crippen molar-refractivity contribution < 1.29 is 9.90 Å². The predicted molar refractivity (Wildman–Crippen MR) is 58.1 cm³/mol. The van der Waals surface area contributed by atoms with Crippen molar-refractivity contribution in [3.05, 3.63) is 48.6 Å². The molecule has 0 aliphatic rings. The molecule has 2 nitrogen and oxygen atoms in total. The lowest BCUT2D eigenvalue weighted by molar-refractivity contribution is -0.131. The average molecular weight is 192 g/mol. The Kier molecular flexibility index (Phi) is 8.45. The van der Waals surface area contributed by atoms with Crippen LogP contribution in [-0.4, -0.2) is 11.1 Å². The van der Waals surface area contributed by atoms with Gasteiger partial charge in [0.05, 0.1) is 0 Å². The van der Waals surface area contributed by atoms with Crippen molar-refractivity contribution in [2.24, 2.45) is 0 Å². The van der Waals surface area contributed by atoms with Gasteiger partial charge in [-0.05, 0) is 6.42 Å². The first kappa shape index (κ1) is 12.4. The molecule has 14 heavy (non-hydrogen) atoms. The SMILES string of the molecule is CCCC=CC(=O)O.c1ccccc1. The van der Waals surface area contributed by atoms with Crippen LogP contribution in [0, 0.1) is 0 Å². The number of unbranched alkanes of at least 4 members (excludes halogenated alkanes) is 1. The quantitative estimate of drug-likeness (QED) is 0.747. The molecule has 0 spiro atoms. The largest absolute Gasteiger partial charge is 0.478 e. The van der Waals surface area contributed by atoms with Crippen LogP contribution in [0.1, 0.15) is 19.8 Å². The number of aliphatic carboxylic acids is 1. The molecule has 0 unspecified atom stereocenters. The van der Waals surface area contributed by atoms with Crippen molar-refractivity contribution in [1.29, 1.82) is 0 Å². The van der Waals surface area contributed by atoms with Crippen molar-refractivity contribution in [2.45, 2.75) is 19.8 Å². The van der Waals surface area contributed by atoms with Crippen LogP contribution in [0.25, 0.3) is 0 Å². The summed E-state index contributed by atoms with van der Waals surface area (Å²) >= 11 is 0. The second-order valence-electron chi connectivity index (χ2n) is 2.68. The third-order valence-electron chi connectivity index (χ3n) is 1.38. The molecule has 1 aromatic rings. The molecule has 2 heteroatoms. The highest BCUT2D eigenvalue weighted by Gasteiger charge is 1.81. The number of hydrogen-bond acceptors (Lipinski definition) is 1. The molecule has 0 amide bonds. The fourth-order valence-corrected chi connectivity index (χ4v) is 0.736. The van der Waals surface area contributed by atoms with Gasteiger partial charge in [-0.25, -0.2) is 4.79 Å². The monoisotopic (exact) mass is 192 g/mol. The van der Waals surface area contributed by atoms with E-state index in [1.54, 1.807) is 6.08 Å². The van der Waals surface area contributed by atoms with Crippen LogP contribution in [0.15, 0.2) is 48.6 Å². The second kappa shape index (κ2) is 9.52. The first-order valence-corrected chi connectivity index (χ1v) is 4.67. The Bertz CT molecular complexity index is 226. The summed E-state index contributed by atoms with van der Waals surface area (Å²) in [6.45, 7) is 2.01. The molecule has 76 valence electrons. The molecule has 0 bridgehead atoms. The molecular weight excluding hydrogens is 176 g/mol. The van der Waals surface area contributed by atoms with Gasteiger partial charge >= 0.3 is 5.97 Å². The third-order valence-corrected chi connectivity index (χ3v) is 1.38. The van der Waals surface area contributed by atoms with E-state index in [2.05, 4.69) is 0 Å². The normalized spacial score (nSPS) is 9.21. The van der Waals surface area contributed by atoms with Crippen LogP contribution in [0.5, 0.6) is 0 Å². The minimum absolute atomic E-state index is 0.853. The van der Waals surface area contributed by atoms with Crippen LogP contribution < -0.4 is 0 Å². The van der Waals surface area contributed by atoms with Crippen LogP contribution in [0.2, 0.25) is 0 Å². The Morgan fingerprint density at radius 1 is 1.14 bits per heavy atom. The smallest absolute Gasteiger partial charge is 0.327 e. The highest BCUT2D eigenvalue weighted by molar-refractivity contribution is 5.79. The first-order chi connectivity index (χ1) is 6.77. The zero-order valence-electron chi connectivity index (χ0n) is 8.39. The lowest BCUT2D eigenvalue weighted by Gasteiger charge is -1.79. The summed E-state index contributed by atoms with van der Waals surface area (Å²) in [6, 6.07) is 12.0. The molecule has 0 fully saturated rings. The molecular formula is C12H16O2. The van der Waals surface area contributed by atoms with Gasteiger partial charge in [0, 0.05) is 6.08 Å². The molecule has 0 heterocycles. The summed E-state index contributed by atoms with van der Waals surface area (Å²) in [5, 5.41) is 8.05. The Hall–Kier alpha value is -1.57. The van der Waals surface area contributed by atoms with Gasteiger partial charge in [-0.15, -0.1) is 0 Å². The Labute approximate surface area is 84.9 Å². The van der Waals surface area contributed by atoms with Gasteiger partial charge in [-0.3, -0.25) is 0 Å². The van der Waals surface area contributed by atoms with E-state index in [1.165, 1.54) is 6.08 Å². The molecule has 0 atom stereocenters. The number of rotatable bonds is 3. The van der Waals surface area contributed by atoms with E-state index in [1.807, 2.05) is 43.3 Å². The highest BCUT2D eigenvalue weighted by atomic mass is 16.4. The zero-order chi connectivity index (χ0) is 10.6. The fraction of sp³-hybridized carbons (Fsp3) is 0.250. The molecule has 1 N–H and O–H groups in total. The summed E-state index contributed by atoms with van der Waals surface area (Å²) < 4.78 is 0. The van der Waals surface area contributed by atoms with Crippen molar-refractivity contribution in [2.75, 3.05) is 0 Å². The number of carboxylic acids is 1. The molecule has 0 aliphatic heterocycles. The van der Waals surface area contributed by atoms with E-state index in [4.69, 9.17) is 5.11 Å². The van der Waals surface area contributed by atoms with E-state index in [9.17, 15) is 4.79 Å². The summed E-state index contributed by atoms with van der Waals surface area (Å²) in [5.74, 6) is -0.863. The maximum Gasteiger partial charge on any atom is 0.327 e. The third kappa shape index (κ3) is 10.4. The van der Waals surface area contributed by atoms with E-state index < -0.39 is 5.97 Å². The van der Waals surface area contributed by atoms with Crippen LogP contribution in [-0.2, 0) is 4.79 Å². The maximum absolute atomic E-state index is 9.79. The number of hydrogen-bond donors (Lipinski definition) is 1. The van der Waals surface area contributed by atoms with E-state index in [0.717, 1.165) is 12.8 Å². The van der Waals surface area contributed by atoms with Gasteiger partial charge in [0.25, 0.3) is 0 Å². The molecule has 0 aliphatic carbocycles. The van der Waals surface area contributed by atoms with E-state index in [-0.39, 0.29) is 0 Å². The molecule has 0 saturated heterocycles. The van der Waals surface area contributed by atoms with E-state index >= 15 is 0 Å². The number of benzene rings is 1. The Morgan fingerprint density at radius 2 is 1.57 bits per heavy atom. The van der Waals surface area contributed by atoms with Gasteiger partial charge in [-0.1, -0.05) is 55.8 Å². The first-order valence-electron chi connectivity index (χ1n) is 4.67. The zero-order valence-corrected chi connectivity index (χ0v) is 8.39. The van der Waals surface area contributed by atoms with Crippen LogP contribution >= 0.6 is 0 Å². The van der Waals surface area contributed by atoms with Crippen molar-refractivity contribution >= 4 is 5.97 Å². The highest BCUT2D eigenvalue weighted by Crippen LogP contribution is 1.86. The number of carbonyl (C=O) groups is 1. The Morgan fingerprint density at radius 3 is 1.86 bits per heavy atom. The van der Waals surface area contributed by atoms with Gasteiger partial charge in [0.2, 0.25) is 0 Å². The minimum atomic E-state index is -0.863. The second-order valence-corrected chi connectivity index (χ2v) is 2.68. The molecule has 0 aromatic heterocycles. The summed E-state index contributed by atoms with van der Waals surface area (Å²) in [7, 11) is 0. The molecule has 1 rings (SSSR count). The summed E-state index contributed by atoms with van der Waals surface area (Å²) in [6.07, 6.45) is 4.68. The minimum Gasteiger partial charge on any atom is -0.478 e. The van der Waals surface area contributed by atoms with Crippen molar-refractivity contribution in [3.63, 3.8) is 0 Å².